The van der Waals surface area contributed by atoms with Crippen molar-refractivity contribution in [3.8, 4) is 0 Å². The second-order valence-corrected chi connectivity index (χ2v) is 4.05. The van der Waals surface area contributed by atoms with Gasteiger partial charge in [-0.1, -0.05) is 54.1 Å². The minimum atomic E-state index is 1.32. The van der Waals surface area contributed by atoms with Gasteiger partial charge in [0, 0.05) is 4.90 Å². The van der Waals surface area contributed by atoms with Crippen molar-refractivity contribution in [2.75, 3.05) is 13.3 Å². The Morgan fingerprint density at radius 2 is 1.18 bits per heavy atom. The van der Waals surface area contributed by atoms with Crippen LogP contribution in [0.2, 0.25) is 0 Å². The lowest BCUT2D eigenvalue weighted by Crippen LogP contribution is -1.69. The van der Waals surface area contributed by atoms with Crippen LogP contribution in [0, 0.1) is 6.92 Å². The van der Waals surface area contributed by atoms with Gasteiger partial charge in [-0.15, -0.1) is 11.8 Å². The van der Waals surface area contributed by atoms with Crippen molar-refractivity contribution in [1.82, 2.24) is 0 Å². The first kappa shape index (κ1) is 15.8. The minimum absolute atomic E-state index is 1.32. The van der Waals surface area contributed by atoms with Crippen molar-refractivity contribution >= 4 is 11.8 Å². The molecule has 0 aliphatic heterocycles. The quantitative estimate of drug-likeness (QED) is 0.771. The van der Waals surface area contributed by atoms with E-state index in [0.717, 1.165) is 0 Å². The lowest BCUT2D eigenvalue weighted by atomic mass is 10.2. The first-order valence-corrected chi connectivity index (χ1v) is 6.74. The van der Waals surface area contributed by atoms with Crippen LogP contribution in [-0.2, 0) is 0 Å². The van der Waals surface area contributed by atoms with E-state index in [1.54, 1.807) is 11.8 Å². The monoisotopic (exact) mass is 247 g/mol. The number of thioether (sulfide) groups is 1. The third-order valence-corrected chi connectivity index (χ3v) is 2.66. The molecule has 0 aliphatic carbocycles. The summed E-state index contributed by atoms with van der Waals surface area (Å²) in [6, 6.07) is 20.6. The van der Waals surface area contributed by atoms with Crippen LogP contribution in [0.25, 0.3) is 0 Å². The Morgan fingerprint density at radius 3 is 1.41 bits per heavy atom. The van der Waals surface area contributed by atoms with Gasteiger partial charge in [-0.25, -0.2) is 0 Å². The summed E-state index contributed by atoms with van der Waals surface area (Å²) in [7, 11) is 1.50. The molecule has 0 spiro atoms. The van der Waals surface area contributed by atoms with E-state index in [0.29, 0.717) is 0 Å². The fourth-order valence-electron chi connectivity index (χ4n) is 1.09. The van der Waals surface area contributed by atoms with E-state index in [-0.39, 0.29) is 0 Å². The van der Waals surface area contributed by atoms with Gasteiger partial charge in [-0.05, 0) is 32.4 Å². The molecule has 0 bridgehead atoms. The molecule has 0 saturated carbocycles. The molecule has 0 atom stereocenters. The zero-order chi connectivity index (χ0) is 12.9. The summed E-state index contributed by atoms with van der Waals surface area (Å²) in [6.07, 6.45) is 2.08. The summed E-state index contributed by atoms with van der Waals surface area (Å²) in [5, 5.41) is 0. The Bertz CT molecular complexity index is 359. The second-order valence-electron chi connectivity index (χ2n) is 3.17. The highest BCUT2D eigenvalue weighted by Gasteiger charge is 1.80. The maximum absolute atomic E-state index is 4.50. The van der Waals surface area contributed by atoms with Crippen molar-refractivity contribution in [1.29, 1.82) is 0 Å². The van der Waals surface area contributed by atoms with Crippen LogP contribution in [0.15, 0.2) is 65.6 Å². The first-order chi connectivity index (χ1) is 8.33. The fourth-order valence-corrected chi connectivity index (χ4v) is 1.52. The van der Waals surface area contributed by atoms with Gasteiger partial charge >= 0.3 is 0 Å². The predicted molar refractivity (Wildman–Crippen MR) is 79.5 cm³/mol. The van der Waals surface area contributed by atoms with Gasteiger partial charge in [0.05, 0.1) is 0 Å². The van der Waals surface area contributed by atoms with Crippen molar-refractivity contribution in [2.45, 2.75) is 11.8 Å². The number of rotatable bonds is 1. The number of benzene rings is 2. The minimum Gasteiger partial charge on any atom is -0.333 e. The van der Waals surface area contributed by atoms with E-state index in [1.165, 1.54) is 17.5 Å². The first-order valence-electron chi connectivity index (χ1n) is 5.51. The van der Waals surface area contributed by atoms with E-state index in [9.17, 15) is 0 Å². The van der Waals surface area contributed by atoms with Crippen molar-refractivity contribution in [3.05, 3.63) is 66.2 Å². The third-order valence-electron chi connectivity index (χ3n) is 1.92. The molecule has 2 aromatic rings. The van der Waals surface area contributed by atoms with Crippen LogP contribution in [0.1, 0.15) is 5.56 Å². The van der Waals surface area contributed by atoms with E-state index in [4.69, 9.17) is 0 Å². The van der Waals surface area contributed by atoms with Crippen LogP contribution < -0.4 is 5.73 Å². The van der Waals surface area contributed by atoms with Gasteiger partial charge in [0.25, 0.3) is 0 Å². The van der Waals surface area contributed by atoms with Crippen LogP contribution in [0.4, 0.5) is 0 Å². The predicted octanol–water partition coefficient (Wildman–Crippen LogP) is 3.98. The zero-order valence-electron chi connectivity index (χ0n) is 10.8. The summed E-state index contributed by atoms with van der Waals surface area (Å²) in [5.41, 5.74) is 5.82. The van der Waals surface area contributed by atoms with Crippen LogP contribution in [0.5, 0.6) is 0 Å². The van der Waals surface area contributed by atoms with Gasteiger partial charge in [-0.2, -0.15) is 0 Å². The number of hydrogen-bond donors (Lipinski definition) is 1. The Hall–Kier alpha value is -1.25. The van der Waals surface area contributed by atoms with Crippen LogP contribution >= 0.6 is 11.8 Å². The standard InChI is InChI=1S/C7H8S.C7H8.CH5N/c1-8-7-5-3-2-4-6-7;1-7-5-3-2-4-6-7;1-2/h2-6H,1H3;2-6H,1H3;2H2,1H3. The molecule has 2 N–H and O–H groups in total. The molecule has 0 fully saturated rings. The number of hydrogen-bond acceptors (Lipinski definition) is 2. The molecule has 0 amide bonds. The van der Waals surface area contributed by atoms with Gasteiger partial charge in [-0.3, -0.25) is 0 Å². The van der Waals surface area contributed by atoms with Crippen LogP contribution in [-0.4, -0.2) is 13.3 Å². The molecule has 0 aromatic heterocycles. The smallest absolute Gasteiger partial charge is 0.00691 e. The van der Waals surface area contributed by atoms with Crippen molar-refractivity contribution < 1.29 is 0 Å². The Balaban J connectivity index is 0.000000265. The maximum Gasteiger partial charge on any atom is 0.00691 e. The molecule has 0 heterocycles. The highest BCUT2D eigenvalue weighted by atomic mass is 32.2. The topological polar surface area (TPSA) is 26.0 Å². The molecular formula is C15H21NS. The van der Waals surface area contributed by atoms with E-state index in [2.05, 4.69) is 43.2 Å². The van der Waals surface area contributed by atoms with Gasteiger partial charge in [0.2, 0.25) is 0 Å². The van der Waals surface area contributed by atoms with E-state index in [1.807, 2.05) is 36.4 Å². The lowest BCUT2D eigenvalue weighted by Gasteiger charge is -1.89. The van der Waals surface area contributed by atoms with Crippen molar-refractivity contribution in [3.63, 3.8) is 0 Å². The molecule has 2 rings (SSSR count). The molecular weight excluding hydrogens is 226 g/mol. The third kappa shape index (κ3) is 8.55. The van der Waals surface area contributed by atoms with Gasteiger partial charge in [0.15, 0.2) is 0 Å². The number of aryl methyl sites for hydroxylation is 1. The Kier molecular flexibility index (Phi) is 10.4. The molecule has 92 valence electrons. The molecule has 0 aliphatic rings. The number of nitrogens with two attached hydrogens (primary N) is 1. The highest BCUT2D eigenvalue weighted by Crippen LogP contribution is 2.11. The molecule has 2 heteroatoms. The largest absolute Gasteiger partial charge is 0.333 e. The summed E-state index contributed by atoms with van der Waals surface area (Å²) in [5.74, 6) is 0. The Morgan fingerprint density at radius 1 is 0.765 bits per heavy atom. The van der Waals surface area contributed by atoms with Crippen LogP contribution in [0.3, 0.4) is 0 Å². The summed E-state index contributed by atoms with van der Waals surface area (Å²) in [6.45, 7) is 2.08. The van der Waals surface area contributed by atoms with E-state index >= 15 is 0 Å². The van der Waals surface area contributed by atoms with Gasteiger partial charge in [0.1, 0.15) is 0 Å². The average molecular weight is 247 g/mol. The second kappa shape index (κ2) is 11.2. The SMILES string of the molecule is CN.CSc1ccccc1.Cc1ccccc1. The molecule has 0 saturated heterocycles. The molecule has 1 nitrogen and oxygen atoms in total. The zero-order valence-corrected chi connectivity index (χ0v) is 11.6. The molecule has 0 radical (unpaired) electrons. The van der Waals surface area contributed by atoms with E-state index < -0.39 is 0 Å². The molecule has 17 heavy (non-hydrogen) atoms. The summed E-state index contributed by atoms with van der Waals surface area (Å²) >= 11 is 1.77. The molecule has 0 unspecified atom stereocenters. The van der Waals surface area contributed by atoms with Crippen molar-refractivity contribution in [2.24, 2.45) is 5.73 Å². The average Bonchev–Trinajstić information content (AvgIpc) is 2.43. The lowest BCUT2D eigenvalue weighted by molar-refractivity contribution is 1.47. The molecule has 2 aromatic carbocycles. The summed E-state index contributed by atoms with van der Waals surface area (Å²) < 4.78 is 0. The summed E-state index contributed by atoms with van der Waals surface area (Å²) in [4.78, 5) is 1.33. The highest BCUT2D eigenvalue weighted by molar-refractivity contribution is 7.98. The fraction of sp³-hybridized carbons (Fsp3) is 0.200. The normalized spacial score (nSPS) is 8.24. The Labute approximate surface area is 109 Å². The van der Waals surface area contributed by atoms with Gasteiger partial charge < -0.3 is 5.73 Å². The maximum atomic E-state index is 4.50.